The first-order valence-corrected chi connectivity index (χ1v) is 10.6. The molecule has 4 aromatic rings. The molecule has 34 heavy (non-hydrogen) atoms. The Morgan fingerprint density at radius 2 is 1.74 bits per heavy atom. The van der Waals surface area contributed by atoms with Crippen LogP contribution in [-0.2, 0) is 6.18 Å². The van der Waals surface area contributed by atoms with Gasteiger partial charge in [-0.2, -0.15) is 18.3 Å². The Hall–Kier alpha value is -3.49. The van der Waals surface area contributed by atoms with E-state index in [1.165, 1.54) is 31.4 Å². The van der Waals surface area contributed by atoms with Crippen molar-refractivity contribution in [3.8, 4) is 22.7 Å². The molecule has 0 aliphatic rings. The molecule has 0 bridgehead atoms. The van der Waals surface area contributed by atoms with Gasteiger partial charge < -0.3 is 10.1 Å². The van der Waals surface area contributed by atoms with Gasteiger partial charge in [-0.05, 0) is 48.5 Å². The van der Waals surface area contributed by atoms with Crippen molar-refractivity contribution in [1.29, 1.82) is 0 Å². The zero-order valence-corrected chi connectivity index (χ0v) is 19.0. The van der Waals surface area contributed by atoms with Crippen molar-refractivity contribution in [1.82, 2.24) is 9.78 Å². The standard InChI is InChI=1S/C24H16Cl2F3N3O2.H2/c1-34-21-11-10-16(25)12-18(21)30-23(33)15-8-6-14(7-9-15)20-13-22(24(27,28)29)31-32(20)19-5-3-2-4-17(19)26;/h2-13H,1H3,(H,30,33);1H. The summed E-state index contributed by atoms with van der Waals surface area (Å²) >= 11 is 12.2. The highest BCUT2D eigenvalue weighted by Gasteiger charge is 2.35. The van der Waals surface area contributed by atoms with Crippen molar-refractivity contribution in [3.05, 3.63) is 94.1 Å². The van der Waals surface area contributed by atoms with Crippen LogP contribution in [0.25, 0.3) is 16.9 Å². The van der Waals surface area contributed by atoms with Crippen molar-refractivity contribution in [2.24, 2.45) is 0 Å². The second kappa shape index (κ2) is 9.40. The zero-order valence-electron chi connectivity index (χ0n) is 17.5. The summed E-state index contributed by atoms with van der Waals surface area (Å²) in [5.41, 5.74) is 0.492. The predicted octanol–water partition coefficient (Wildman–Crippen LogP) is 7.37. The lowest BCUT2D eigenvalue weighted by Crippen LogP contribution is -2.12. The fourth-order valence-electron chi connectivity index (χ4n) is 3.30. The number of alkyl halides is 3. The Morgan fingerprint density at radius 3 is 2.38 bits per heavy atom. The van der Waals surface area contributed by atoms with Gasteiger partial charge in [-0.3, -0.25) is 4.79 Å². The number of halogens is 5. The van der Waals surface area contributed by atoms with Crippen LogP contribution in [0, 0.1) is 0 Å². The number of carbonyl (C=O) groups excluding carboxylic acids is 1. The lowest BCUT2D eigenvalue weighted by Gasteiger charge is -2.12. The summed E-state index contributed by atoms with van der Waals surface area (Å²) in [6.45, 7) is 0. The van der Waals surface area contributed by atoms with Gasteiger partial charge in [-0.25, -0.2) is 4.68 Å². The van der Waals surface area contributed by atoms with Crippen LogP contribution in [0.15, 0.2) is 72.8 Å². The molecule has 4 rings (SSSR count). The normalized spacial score (nSPS) is 11.4. The predicted molar refractivity (Wildman–Crippen MR) is 127 cm³/mol. The molecule has 1 amide bonds. The number of ether oxygens (including phenoxy) is 1. The minimum absolute atomic E-state index is 0. The number of nitrogens with one attached hydrogen (secondary N) is 1. The van der Waals surface area contributed by atoms with Crippen LogP contribution in [0.5, 0.6) is 5.75 Å². The summed E-state index contributed by atoms with van der Waals surface area (Å²) in [5.74, 6) is -0.0135. The van der Waals surface area contributed by atoms with E-state index in [1.807, 2.05) is 0 Å². The fraction of sp³-hybridized carbons (Fsp3) is 0.0833. The van der Waals surface area contributed by atoms with Crippen LogP contribution in [0.3, 0.4) is 0 Å². The second-order valence-corrected chi connectivity index (χ2v) is 8.00. The number of rotatable bonds is 5. The topological polar surface area (TPSA) is 56.1 Å². The molecule has 1 heterocycles. The fourth-order valence-corrected chi connectivity index (χ4v) is 3.69. The first kappa shape index (κ1) is 23.7. The summed E-state index contributed by atoms with van der Waals surface area (Å²) in [6, 6.07) is 18.3. The third kappa shape index (κ3) is 4.88. The van der Waals surface area contributed by atoms with Gasteiger partial charge in [0.2, 0.25) is 0 Å². The average Bonchev–Trinajstić information content (AvgIpc) is 3.25. The van der Waals surface area contributed by atoms with Gasteiger partial charge >= 0.3 is 6.18 Å². The third-order valence-electron chi connectivity index (χ3n) is 4.93. The van der Waals surface area contributed by atoms with E-state index in [-0.39, 0.29) is 17.7 Å². The van der Waals surface area contributed by atoms with E-state index in [4.69, 9.17) is 27.9 Å². The Morgan fingerprint density at radius 1 is 1.03 bits per heavy atom. The first-order valence-electron chi connectivity index (χ1n) is 9.85. The summed E-state index contributed by atoms with van der Waals surface area (Å²) < 4.78 is 46.6. The van der Waals surface area contributed by atoms with Gasteiger partial charge in [-0.1, -0.05) is 47.5 Å². The largest absolute Gasteiger partial charge is 0.495 e. The van der Waals surface area contributed by atoms with Gasteiger partial charge in [0.15, 0.2) is 5.69 Å². The highest BCUT2D eigenvalue weighted by molar-refractivity contribution is 6.32. The van der Waals surface area contributed by atoms with Crippen LogP contribution < -0.4 is 10.1 Å². The molecule has 0 aliphatic carbocycles. The number of nitrogens with zero attached hydrogens (tertiary/aromatic N) is 2. The van der Waals surface area contributed by atoms with Crippen LogP contribution in [-0.4, -0.2) is 22.8 Å². The van der Waals surface area contributed by atoms with E-state index in [1.54, 1.807) is 42.5 Å². The van der Waals surface area contributed by atoms with E-state index >= 15 is 0 Å². The van der Waals surface area contributed by atoms with Gasteiger partial charge in [0.1, 0.15) is 5.75 Å². The molecule has 0 spiro atoms. The maximum absolute atomic E-state index is 13.4. The zero-order chi connectivity index (χ0) is 24.5. The molecule has 1 N–H and O–H groups in total. The number of para-hydroxylation sites is 1. The Balaban J connectivity index is 0.00000342. The molecule has 1 aromatic heterocycles. The monoisotopic (exact) mass is 507 g/mol. The Kier molecular flexibility index (Phi) is 6.54. The van der Waals surface area contributed by atoms with Crippen LogP contribution in [0.2, 0.25) is 10.0 Å². The van der Waals surface area contributed by atoms with Crippen LogP contribution >= 0.6 is 23.2 Å². The maximum Gasteiger partial charge on any atom is 0.435 e. The summed E-state index contributed by atoms with van der Waals surface area (Å²) in [7, 11) is 1.46. The number of benzene rings is 3. The van der Waals surface area contributed by atoms with E-state index < -0.39 is 17.8 Å². The quantitative estimate of drug-likeness (QED) is 0.306. The van der Waals surface area contributed by atoms with Crippen molar-refractivity contribution in [2.45, 2.75) is 6.18 Å². The molecule has 176 valence electrons. The van der Waals surface area contributed by atoms with E-state index in [9.17, 15) is 18.0 Å². The van der Waals surface area contributed by atoms with E-state index in [0.29, 0.717) is 27.7 Å². The number of methoxy groups -OCH3 is 1. The molecule has 0 atom stereocenters. The molecule has 0 radical (unpaired) electrons. The first-order chi connectivity index (χ1) is 16.2. The third-order valence-corrected chi connectivity index (χ3v) is 5.49. The number of aromatic nitrogens is 2. The summed E-state index contributed by atoms with van der Waals surface area (Å²) in [6.07, 6.45) is -4.64. The molecule has 0 unspecified atom stereocenters. The minimum Gasteiger partial charge on any atom is -0.495 e. The number of amides is 1. The molecule has 0 saturated heterocycles. The molecule has 0 fully saturated rings. The second-order valence-electron chi connectivity index (χ2n) is 7.15. The highest BCUT2D eigenvalue weighted by Crippen LogP contribution is 2.35. The molecular weight excluding hydrogens is 490 g/mol. The lowest BCUT2D eigenvalue weighted by molar-refractivity contribution is -0.141. The van der Waals surface area contributed by atoms with Crippen molar-refractivity contribution >= 4 is 34.8 Å². The van der Waals surface area contributed by atoms with Gasteiger partial charge in [0.05, 0.1) is 29.2 Å². The molecule has 5 nitrogen and oxygen atoms in total. The highest BCUT2D eigenvalue weighted by atomic mass is 35.5. The summed E-state index contributed by atoms with van der Waals surface area (Å²) in [5, 5.41) is 7.10. The van der Waals surface area contributed by atoms with E-state index in [2.05, 4.69) is 10.4 Å². The SMILES string of the molecule is COc1ccc(Cl)cc1NC(=O)c1ccc(-c2cc(C(F)(F)F)nn2-c2ccccc2Cl)cc1.[HH]. The molecule has 10 heteroatoms. The number of hydrogen-bond donors (Lipinski definition) is 1. The van der Waals surface area contributed by atoms with Crippen molar-refractivity contribution in [3.63, 3.8) is 0 Å². The van der Waals surface area contributed by atoms with Gasteiger partial charge in [0.25, 0.3) is 5.91 Å². The number of anilines is 1. The van der Waals surface area contributed by atoms with Crippen molar-refractivity contribution < 1.29 is 24.1 Å². The molecule has 0 saturated carbocycles. The molecule has 3 aromatic carbocycles. The van der Waals surface area contributed by atoms with Crippen LogP contribution in [0.4, 0.5) is 18.9 Å². The van der Waals surface area contributed by atoms with Gasteiger partial charge in [-0.15, -0.1) is 0 Å². The molecule has 0 aliphatic heterocycles. The Bertz CT molecular complexity index is 1360. The smallest absolute Gasteiger partial charge is 0.435 e. The number of carbonyl (C=O) groups is 1. The maximum atomic E-state index is 13.4. The summed E-state index contributed by atoms with van der Waals surface area (Å²) in [4.78, 5) is 12.7. The number of hydrogen-bond acceptors (Lipinski definition) is 3. The lowest BCUT2D eigenvalue weighted by atomic mass is 10.1. The van der Waals surface area contributed by atoms with E-state index in [0.717, 1.165) is 10.7 Å². The van der Waals surface area contributed by atoms with Gasteiger partial charge in [0, 0.05) is 17.6 Å². The van der Waals surface area contributed by atoms with Crippen LogP contribution in [0.1, 0.15) is 17.5 Å². The molecular formula is C24H18Cl2F3N3O2. The average molecular weight is 508 g/mol. The Labute approximate surface area is 204 Å². The minimum atomic E-state index is -4.64. The van der Waals surface area contributed by atoms with Crippen molar-refractivity contribution in [2.75, 3.05) is 12.4 Å².